The lowest BCUT2D eigenvalue weighted by atomic mass is 10.2. The molecule has 0 aliphatic heterocycles. The Kier molecular flexibility index (Phi) is 4.04. The van der Waals surface area contributed by atoms with Crippen LogP contribution in [0.2, 0.25) is 5.02 Å². The topological polar surface area (TPSA) is 44.1 Å². The molecule has 0 spiro atoms. The van der Waals surface area contributed by atoms with Crippen LogP contribution in [0, 0.1) is 0 Å². The summed E-state index contributed by atoms with van der Waals surface area (Å²) < 4.78 is 6.69. The Labute approximate surface area is 117 Å². The number of hydrogen-bond donors (Lipinski definition) is 0. The molecule has 0 radical (unpaired) electrons. The van der Waals surface area contributed by atoms with E-state index in [2.05, 4.69) is 21.0 Å². The van der Waals surface area contributed by atoms with Crippen LogP contribution in [0.1, 0.15) is 5.56 Å². The minimum absolute atomic E-state index is 0.255. The summed E-state index contributed by atoms with van der Waals surface area (Å²) in [5.74, 6) is 0.412. The van der Waals surface area contributed by atoms with Crippen LogP contribution in [-0.2, 0) is 6.54 Å². The summed E-state index contributed by atoms with van der Waals surface area (Å²) in [6.07, 6.45) is 1.49. The Morgan fingerprint density at radius 1 is 1.44 bits per heavy atom. The monoisotopic (exact) mass is 328 g/mol. The Bertz CT molecular complexity index is 628. The number of halogens is 2. The van der Waals surface area contributed by atoms with Crippen LogP contribution < -0.4 is 10.3 Å². The summed E-state index contributed by atoms with van der Waals surface area (Å²) in [7, 11) is 1.49. The fraction of sp³-hybridized carbons (Fsp3) is 0.167. The summed E-state index contributed by atoms with van der Waals surface area (Å²) >= 11 is 9.24. The lowest BCUT2D eigenvalue weighted by molar-refractivity contribution is 0.403. The first-order valence-electron chi connectivity index (χ1n) is 5.16. The normalized spacial score (nSPS) is 10.4. The molecule has 1 aromatic carbocycles. The fourth-order valence-electron chi connectivity index (χ4n) is 1.49. The second kappa shape index (κ2) is 5.54. The van der Waals surface area contributed by atoms with E-state index in [9.17, 15) is 4.79 Å². The predicted octanol–water partition coefficient (Wildman–Crippen LogP) is 2.72. The highest BCUT2D eigenvalue weighted by Crippen LogP contribution is 2.19. The average Bonchev–Trinajstić information content (AvgIpc) is 2.38. The summed E-state index contributed by atoms with van der Waals surface area (Å²) in [5.41, 5.74) is 0.583. The maximum absolute atomic E-state index is 12.0. The number of ether oxygens (including phenoxy) is 1. The van der Waals surface area contributed by atoms with Gasteiger partial charge in [0, 0.05) is 5.02 Å². The molecule has 0 atom stereocenters. The molecule has 2 aromatic rings. The number of nitrogens with zero attached hydrogens (tertiary/aromatic N) is 2. The summed E-state index contributed by atoms with van der Waals surface area (Å²) in [6.45, 7) is 0.321. The van der Waals surface area contributed by atoms with Gasteiger partial charge in [-0.2, -0.15) is 5.10 Å². The Hall–Kier alpha value is -1.33. The maximum Gasteiger partial charge on any atom is 0.285 e. The Morgan fingerprint density at radius 2 is 2.17 bits per heavy atom. The van der Waals surface area contributed by atoms with Crippen LogP contribution in [0.5, 0.6) is 5.75 Å². The molecule has 2 rings (SSSR count). The van der Waals surface area contributed by atoms with Gasteiger partial charge in [-0.3, -0.25) is 4.79 Å². The van der Waals surface area contributed by atoms with Crippen LogP contribution in [0.15, 0.2) is 39.7 Å². The van der Waals surface area contributed by atoms with Crippen molar-refractivity contribution < 1.29 is 4.74 Å². The highest BCUT2D eigenvalue weighted by atomic mass is 79.9. The highest BCUT2D eigenvalue weighted by molar-refractivity contribution is 9.10. The van der Waals surface area contributed by atoms with E-state index < -0.39 is 0 Å². The van der Waals surface area contributed by atoms with Gasteiger partial charge in [0.15, 0.2) is 5.75 Å². The van der Waals surface area contributed by atoms with E-state index in [1.54, 1.807) is 6.07 Å². The van der Waals surface area contributed by atoms with Crippen molar-refractivity contribution in [1.82, 2.24) is 9.78 Å². The number of methoxy groups -OCH3 is 1. The molecule has 0 amide bonds. The van der Waals surface area contributed by atoms with E-state index in [-0.39, 0.29) is 5.56 Å². The first-order chi connectivity index (χ1) is 8.63. The summed E-state index contributed by atoms with van der Waals surface area (Å²) in [4.78, 5) is 12.0. The fourth-order valence-corrected chi connectivity index (χ4v) is 2.16. The van der Waals surface area contributed by atoms with Crippen molar-refractivity contribution in [3.05, 3.63) is 55.9 Å². The molecule has 1 aromatic heterocycles. The first-order valence-corrected chi connectivity index (χ1v) is 6.33. The standard InChI is InChI=1S/C12H10BrClN2O2/c1-18-10-6-15-16(12(17)11(10)13)7-8-4-2-3-5-9(8)14/h2-6H,7H2,1H3. The molecule has 0 aliphatic rings. The van der Waals surface area contributed by atoms with Gasteiger partial charge < -0.3 is 4.74 Å². The minimum atomic E-state index is -0.255. The zero-order valence-electron chi connectivity index (χ0n) is 9.56. The molecule has 4 nitrogen and oxygen atoms in total. The predicted molar refractivity (Wildman–Crippen MR) is 73.3 cm³/mol. The molecule has 94 valence electrons. The quantitative estimate of drug-likeness (QED) is 0.869. The van der Waals surface area contributed by atoms with Crippen LogP contribution in [0.25, 0.3) is 0 Å². The maximum atomic E-state index is 12.0. The van der Waals surface area contributed by atoms with Gasteiger partial charge in [-0.05, 0) is 27.6 Å². The van der Waals surface area contributed by atoms with Crippen molar-refractivity contribution in [3.63, 3.8) is 0 Å². The van der Waals surface area contributed by atoms with E-state index >= 15 is 0 Å². The molecule has 0 N–H and O–H groups in total. The molecule has 0 aliphatic carbocycles. The first kappa shape index (κ1) is 13.1. The molecule has 6 heteroatoms. The highest BCUT2D eigenvalue weighted by Gasteiger charge is 2.10. The summed E-state index contributed by atoms with van der Waals surface area (Å²) in [5, 5.41) is 4.65. The van der Waals surface area contributed by atoms with Gasteiger partial charge in [0.05, 0.1) is 19.9 Å². The molecule has 18 heavy (non-hydrogen) atoms. The van der Waals surface area contributed by atoms with Crippen LogP contribution >= 0.6 is 27.5 Å². The van der Waals surface area contributed by atoms with Gasteiger partial charge in [-0.25, -0.2) is 4.68 Å². The third kappa shape index (κ3) is 2.57. The van der Waals surface area contributed by atoms with Gasteiger partial charge in [-0.15, -0.1) is 0 Å². The zero-order chi connectivity index (χ0) is 13.1. The van der Waals surface area contributed by atoms with Crippen molar-refractivity contribution in [2.24, 2.45) is 0 Å². The molecule has 0 saturated heterocycles. The smallest absolute Gasteiger partial charge is 0.285 e. The summed E-state index contributed by atoms with van der Waals surface area (Å²) in [6, 6.07) is 7.34. The van der Waals surface area contributed by atoms with Gasteiger partial charge in [0.2, 0.25) is 0 Å². The molecule has 0 fully saturated rings. The number of rotatable bonds is 3. The molecular weight excluding hydrogens is 320 g/mol. The van der Waals surface area contributed by atoms with Crippen LogP contribution in [0.4, 0.5) is 0 Å². The van der Waals surface area contributed by atoms with Gasteiger partial charge in [-0.1, -0.05) is 29.8 Å². The van der Waals surface area contributed by atoms with Crippen molar-refractivity contribution in [2.45, 2.75) is 6.54 Å². The zero-order valence-corrected chi connectivity index (χ0v) is 11.9. The lowest BCUT2D eigenvalue weighted by Crippen LogP contribution is -2.24. The molecule has 1 heterocycles. The van der Waals surface area contributed by atoms with Crippen molar-refractivity contribution >= 4 is 27.5 Å². The van der Waals surface area contributed by atoms with E-state index in [4.69, 9.17) is 16.3 Å². The third-order valence-electron chi connectivity index (χ3n) is 2.45. The molecule has 0 saturated carbocycles. The second-order valence-electron chi connectivity index (χ2n) is 3.58. The van der Waals surface area contributed by atoms with Gasteiger partial charge in [0.1, 0.15) is 4.47 Å². The third-order valence-corrected chi connectivity index (χ3v) is 3.55. The molecule has 0 unspecified atom stereocenters. The Balaban J connectivity index is 2.40. The Morgan fingerprint density at radius 3 is 2.83 bits per heavy atom. The van der Waals surface area contributed by atoms with Crippen LogP contribution in [0.3, 0.4) is 0 Å². The number of aromatic nitrogens is 2. The van der Waals surface area contributed by atoms with Crippen molar-refractivity contribution in [2.75, 3.05) is 7.11 Å². The van der Waals surface area contributed by atoms with E-state index in [1.165, 1.54) is 18.0 Å². The molecule has 0 bridgehead atoms. The van der Waals surface area contributed by atoms with Crippen molar-refractivity contribution in [1.29, 1.82) is 0 Å². The van der Waals surface area contributed by atoms with Gasteiger partial charge >= 0.3 is 0 Å². The van der Waals surface area contributed by atoms with E-state index in [0.717, 1.165) is 5.56 Å². The number of hydrogen-bond acceptors (Lipinski definition) is 3. The second-order valence-corrected chi connectivity index (χ2v) is 4.78. The van der Waals surface area contributed by atoms with Gasteiger partial charge in [0.25, 0.3) is 5.56 Å². The lowest BCUT2D eigenvalue weighted by Gasteiger charge is -2.08. The minimum Gasteiger partial charge on any atom is -0.494 e. The van der Waals surface area contributed by atoms with E-state index in [1.807, 2.05) is 18.2 Å². The largest absolute Gasteiger partial charge is 0.494 e. The van der Waals surface area contributed by atoms with Crippen molar-refractivity contribution in [3.8, 4) is 5.75 Å². The SMILES string of the molecule is COc1cnn(Cc2ccccc2Cl)c(=O)c1Br. The number of benzene rings is 1. The van der Waals surface area contributed by atoms with E-state index in [0.29, 0.717) is 21.8 Å². The van der Waals surface area contributed by atoms with Crippen LogP contribution in [-0.4, -0.2) is 16.9 Å². The molecular formula is C12H10BrClN2O2. The average molecular weight is 330 g/mol.